The van der Waals surface area contributed by atoms with Gasteiger partial charge in [0.05, 0.1) is 17.6 Å². The van der Waals surface area contributed by atoms with Crippen LogP contribution in [0.25, 0.3) is 0 Å². The average Bonchev–Trinajstić information content (AvgIpc) is 2.61. The van der Waals surface area contributed by atoms with Gasteiger partial charge in [-0.3, -0.25) is 0 Å². The van der Waals surface area contributed by atoms with Gasteiger partial charge in [0.1, 0.15) is 8.07 Å². The van der Waals surface area contributed by atoms with Gasteiger partial charge in [0.2, 0.25) is 0 Å². The van der Waals surface area contributed by atoms with E-state index in [9.17, 15) is 0 Å². The maximum absolute atomic E-state index is 2.48. The molecular weight excluding hydrogens is 349 g/mol. The molecule has 0 nitrogen and oxygen atoms in total. The van der Waals surface area contributed by atoms with Gasteiger partial charge in [0.15, 0.2) is 0 Å². The fourth-order valence-electron chi connectivity index (χ4n) is 3.97. The van der Waals surface area contributed by atoms with Crippen LogP contribution in [0, 0.1) is 0 Å². The first kappa shape index (κ1) is 20.4. The summed E-state index contributed by atoms with van der Waals surface area (Å²) in [5.74, 6) is 0. The summed E-state index contributed by atoms with van der Waals surface area (Å²) >= 11 is 0. The predicted octanol–water partition coefficient (Wildman–Crippen LogP) is 3.99. The largest absolute Gasteiger partial charge is 0.118 e. The van der Waals surface area contributed by atoms with E-state index in [2.05, 4.69) is 88.6 Å². The third-order valence-electron chi connectivity index (χ3n) is 5.38. The zero-order valence-corrected chi connectivity index (χ0v) is 19.9. The topological polar surface area (TPSA) is 0 Å². The van der Waals surface area contributed by atoms with Crippen LogP contribution < -0.4 is 20.7 Å². The minimum absolute atomic E-state index is 0.358. The Morgan fingerprint density at radius 2 is 0.920 bits per heavy atom. The molecule has 0 amide bonds. The van der Waals surface area contributed by atoms with Crippen molar-refractivity contribution in [3.63, 3.8) is 0 Å². The maximum atomic E-state index is 2.48. The Kier molecular flexibility index (Phi) is 7.47. The highest BCUT2D eigenvalue weighted by molar-refractivity contribution is 7.02. The summed E-state index contributed by atoms with van der Waals surface area (Å²) in [4.78, 5) is 0. The molecule has 0 fully saturated rings. The highest BCUT2D eigenvalue weighted by Crippen LogP contribution is 2.20. The molecule has 0 aliphatic rings. The van der Waals surface area contributed by atoms with Crippen LogP contribution >= 0.6 is 0 Å². The van der Waals surface area contributed by atoms with E-state index < -0.39 is 8.07 Å². The van der Waals surface area contributed by atoms with E-state index in [0.29, 0.717) is 0 Å². The standard InChI is InChI=1S/C22H34Si3/c1-7-17-25(18-8-2,21-13-9-19(10-14-21)23(3)4)22-15-11-20(12-16-22)24(5)6/h9-16H,7-8,17-18H2,1-6H3. The summed E-state index contributed by atoms with van der Waals surface area (Å²) in [5, 5.41) is 6.41. The van der Waals surface area contributed by atoms with Gasteiger partial charge >= 0.3 is 0 Å². The lowest BCUT2D eigenvalue weighted by molar-refractivity contribution is 0.997. The molecule has 2 aromatic carbocycles. The number of hydrogen-bond acceptors (Lipinski definition) is 0. The minimum Gasteiger partial charge on any atom is -0.0671 e. The summed E-state index contributed by atoms with van der Waals surface area (Å²) in [6, 6.07) is 22.3. The number of hydrogen-bond donors (Lipinski definition) is 0. The van der Waals surface area contributed by atoms with Crippen LogP contribution in [0.15, 0.2) is 48.5 Å². The Bertz CT molecular complexity index is 582. The van der Waals surface area contributed by atoms with Gasteiger partial charge in [0, 0.05) is 0 Å². The highest BCUT2D eigenvalue weighted by atomic mass is 28.3. The second kappa shape index (κ2) is 9.15. The molecule has 0 atom stereocenters. The van der Waals surface area contributed by atoms with Crippen LogP contribution in [0.4, 0.5) is 0 Å². The first-order valence-electron chi connectivity index (χ1n) is 9.76. The quantitative estimate of drug-likeness (QED) is 0.606. The van der Waals surface area contributed by atoms with E-state index in [-0.39, 0.29) is 17.6 Å². The van der Waals surface area contributed by atoms with Gasteiger partial charge in [-0.25, -0.2) is 0 Å². The summed E-state index contributed by atoms with van der Waals surface area (Å²) < 4.78 is 0. The molecule has 0 spiro atoms. The summed E-state index contributed by atoms with van der Waals surface area (Å²) in [6.07, 6.45) is 2.56. The Labute approximate surface area is 159 Å². The molecule has 0 bridgehead atoms. The van der Waals surface area contributed by atoms with Crippen molar-refractivity contribution < 1.29 is 0 Å². The van der Waals surface area contributed by atoms with Gasteiger partial charge in [-0.05, 0) is 12.1 Å². The Hall–Kier alpha value is -0.909. The molecule has 0 aliphatic heterocycles. The Morgan fingerprint density at radius 1 is 0.600 bits per heavy atom. The van der Waals surface area contributed by atoms with E-state index >= 15 is 0 Å². The van der Waals surface area contributed by atoms with E-state index in [0.717, 1.165) is 0 Å². The van der Waals surface area contributed by atoms with Crippen molar-refractivity contribution in [3.05, 3.63) is 48.5 Å². The van der Waals surface area contributed by atoms with Crippen LogP contribution in [0.3, 0.4) is 0 Å². The van der Waals surface area contributed by atoms with E-state index in [1.165, 1.54) is 24.9 Å². The molecule has 3 heteroatoms. The van der Waals surface area contributed by atoms with Crippen molar-refractivity contribution in [2.24, 2.45) is 0 Å². The molecule has 25 heavy (non-hydrogen) atoms. The van der Waals surface area contributed by atoms with Crippen LogP contribution in [-0.2, 0) is 0 Å². The number of rotatable bonds is 8. The van der Waals surface area contributed by atoms with Crippen molar-refractivity contribution >= 4 is 46.4 Å². The Balaban J connectivity index is 2.52. The maximum Gasteiger partial charge on any atom is 0.118 e. The molecule has 2 rings (SSSR count). The van der Waals surface area contributed by atoms with Crippen molar-refractivity contribution in [1.82, 2.24) is 0 Å². The lowest BCUT2D eigenvalue weighted by Crippen LogP contribution is -2.58. The minimum atomic E-state index is -1.64. The van der Waals surface area contributed by atoms with Crippen molar-refractivity contribution in [3.8, 4) is 0 Å². The van der Waals surface area contributed by atoms with Crippen LogP contribution in [-0.4, -0.2) is 25.7 Å². The van der Waals surface area contributed by atoms with Gasteiger partial charge < -0.3 is 0 Å². The summed E-state index contributed by atoms with van der Waals surface area (Å²) in [6.45, 7) is 14.3. The molecular formula is C22H34Si3. The van der Waals surface area contributed by atoms with Gasteiger partial charge in [-0.15, -0.1) is 0 Å². The molecule has 0 unspecified atom stereocenters. The fourth-order valence-corrected chi connectivity index (χ4v) is 10.7. The van der Waals surface area contributed by atoms with Crippen molar-refractivity contribution in [2.45, 2.75) is 65.0 Å². The first-order chi connectivity index (χ1) is 11.9. The lowest BCUT2D eigenvalue weighted by Gasteiger charge is -2.33. The highest BCUT2D eigenvalue weighted by Gasteiger charge is 2.35. The Morgan fingerprint density at radius 3 is 1.16 bits per heavy atom. The molecule has 0 saturated carbocycles. The van der Waals surface area contributed by atoms with E-state index in [4.69, 9.17) is 0 Å². The lowest BCUT2D eigenvalue weighted by atomic mass is 10.3. The van der Waals surface area contributed by atoms with Crippen LogP contribution in [0.5, 0.6) is 0 Å². The monoisotopic (exact) mass is 382 g/mol. The zero-order valence-electron chi connectivity index (χ0n) is 16.9. The molecule has 0 aromatic heterocycles. The van der Waals surface area contributed by atoms with Crippen molar-refractivity contribution in [2.75, 3.05) is 0 Å². The van der Waals surface area contributed by atoms with Crippen molar-refractivity contribution in [1.29, 1.82) is 0 Å². The second-order valence-electron chi connectivity index (χ2n) is 7.74. The molecule has 134 valence electrons. The summed E-state index contributed by atoms with van der Waals surface area (Å²) in [5.41, 5.74) is 0. The zero-order chi connectivity index (χ0) is 18.4. The number of benzene rings is 2. The molecule has 0 saturated heterocycles. The SMILES string of the molecule is CCC[Si](CCC)(c1ccc([Si](C)C)cc1)c1ccc([Si](C)C)cc1. The molecule has 2 radical (unpaired) electrons. The predicted molar refractivity (Wildman–Crippen MR) is 122 cm³/mol. The van der Waals surface area contributed by atoms with Crippen LogP contribution in [0.2, 0.25) is 38.3 Å². The van der Waals surface area contributed by atoms with E-state index in [1.54, 1.807) is 20.7 Å². The fraction of sp³-hybridized carbons (Fsp3) is 0.455. The molecule has 2 aromatic rings. The summed E-state index contributed by atoms with van der Waals surface area (Å²) in [7, 11) is -2.36. The molecule has 0 N–H and O–H groups in total. The average molecular weight is 383 g/mol. The van der Waals surface area contributed by atoms with E-state index in [1.807, 2.05) is 0 Å². The van der Waals surface area contributed by atoms with Crippen LogP contribution in [0.1, 0.15) is 26.7 Å². The van der Waals surface area contributed by atoms with Gasteiger partial charge in [0.25, 0.3) is 0 Å². The third kappa shape index (κ3) is 4.63. The molecule has 0 aliphatic carbocycles. The smallest absolute Gasteiger partial charge is 0.0671 e. The first-order valence-corrected chi connectivity index (χ1v) is 17.2. The second-order valence-corrected chi connectivity index (χ2v) is 17.2. The van der Waals surface area contributed by atoms with Gasteiger partial charge in [-0.1, -0.05) is 122 Å². The normalized spacial score (nSPS) is 12.2. The van der Waals surface area contributed by atoms with Gasteiger partial charge in [-0.2, -0.15) is 0 Å². The molecule has 0 heterocycles. The third-order valence-corrected chi connectivity index (χ3v) is 13.9.